The molecule has 1 aromatic carbocycles. The maximum absolute atomic E-state index is 6.48. The molecule has 0 saturated carbocycles. The summed E-state index contributed by atoms with van der Waals surface area (Å²) in [4.78, 5) is 0. The molecule has 86 valence electrons. The molecule has 2 aliphatic heterocycles. The number of benzene rings is 1. The van der Waals surface area contributed by atoms with Crippen LogP contribution in [0.1, 0.15) is 51.7 Å². The minimum Gasteiger partial charge on any atom is -0.359 e. The van der Waals surface area contributed by atoms with E-state index in [1.54, 1.807) is 0 Å². The highest BCUT2D eigenvalue weighted by Crippen LogP contribution is 2.64. The summed E-state index contributed by atoms with van der Waals surface area (Å²) in [5.41, 5.74) is 2.91. The zero-order valence-electron chi connectivity index (χ0n) is 10.6. The topological polar surface area (TPSA) is 9.23 Å². The van der Waals surface area contributed by atoms with Crippen LogP contribution in [0.3, 0.4) is 0 Å². The molecule has 1 aromatic rings. The van der Waals surface area contributed by atoms with Crippen LogP contribution >= 0.6 is 0 Å². The van der Waals surface area contributed by atoms with Gasteiger partial charge in [-0.2, -0.15) is 0 Å². The first-order valence-electron chi connectivity index (χ1n) is 6.19. The summed E-state index contributed by atoms with van der Waals surface area (Å²) in [5.74, 6) is 0. The average Bonchev–Trinajstić information content (AvgIpc) is 2.69. The van der Waals surface area contributed by atoms with Gasteiger partial charge in [-0.05, 0) is 36.3 Å². The fraction of sp³-hybridized carbons (Fsp3) is 0.600. The number of hydrogen-bond acceptors (Lipinski definition) is 1. The van der Waals surface area contributed by atoms with E-state index in [-0.39, 0.29) is 16.6 Å². The average molecular weight is 216 g/mol. The lowest BCUT2D eigenvalue weighted by molar-refractivity contribution is -0.133. The Morgan fingerprint density at radius 3 is 2.31 bits per heavy atom. The van der Waals surface area contributed by atoms with Crippen LogP contribution in [-0.4, -0.2) is 0 Å². The van der Waals surface area contributed by atoms with Crippen LogP contribution in [0.4, 0.5) is 0 Å². The van der Waals surface area contributed by atoms with Gasteiger partial charge < -0.3 is 4.74 Å². The number of hydrogen-bond donors (Lipinski definition) is 0. The molecule has 16 heavy (non-hydrogen) atoms. The minimum atomic E-state index is -0.0572. The Bertz CT molecular complexity index is 443. The van der Waals surface area contributed by atoms with Gasteiger partial charge in [-0.3, -0.25) is 0 Å². The maximum atomic E-state index is 6.48. The first-order chi connectivity index (χ1) is 7.39. The van der Waals surface area contributed by atoms with Crippen LogP contribution in [0, 0.1) is 5.41 Å². The SMILES string of the molecule is CC(C)(C)[C@]12CC[C@](C)(O1)c1ccccc12. The second kappa shape index (κ2) is 2.70. The Balaban J connectivity index is 2.27. The van der Waals surface area contributed by atoms with Crippen molar-refractivity contribution in [2.75, 3.05) is 0 Å². The van der Waals surface area contributed by atoms with Crippen molar-refractivity contribution >= 4 is 0 Å². The number of fused-ring (bicyclic) bond motifs is 5. The van der Waals surface area contributed by atoms with Gasteiger partial charge in [-0.25, -0.2) is 0 Å². The van der Waals surface area contributed by atoms with E-state index >= 15 is 0 Å². The molecule has 0 aromatic heterocycles. The first kappa shape index (κ1) is 10.3. The summed E-state index contributed by atoms with van der Waals surface area (Å²) in [5, 5.41) is 0. The zero-order chi connectivity index (χ0) is 11.6. The van der Waals surface area contributed by atoms with E-state index in [0.29, 0.717) is 0 Å². The molecule has 0 spiro atoms. The lowest BCUT2D eigenvalue weighted by Crippen LogP contribution is -2.37. The second-order valence-electron chi connectivity index (χ2n) is 6.46. The van der Waals surface area contributed by atoms with Gasteiger partial charge in [0.05, 0.1) is 11.2 Å². The molecule has 1 saturated heterocycles. The summed E-state index contributed by atoms with van der Waals surface area (Å²) in [7, 11) is 0. The standard InChI is InChI=1S/C15H20O/c1-13(2,3)15-10-9-14(4,16-15)11-7-5-6-8-12(11)15/h5-8H,9-10H2,1-4H3/t14-,15+/m0/s1. The smallest absolute Gasteiger partial charge is 0.0996 e. The van der Waals surface area contributed by atoms with E-state index in [1.165, 1.54) is 11.1 Å². The fourth-order valence-corrected chi connectivity index (χ4v) is 3.51. The normalized spacial score (nSPS) is 36.5. The van der Waals surface area contributed by atoms with Gasteiger partial charge in [0.25, 0.3) is 0 Å². The Kier molecular flexibility index (Phi) is 1.75. The number of ether oxygens (including phenoxy) is 1. The molecule has 2 heterocycles. The highest BCUT2D eigenvalue weighted by molar-refractivity contribution is 5.45. The van der Waals surface area contributed by atoms with Crippen LogP contribution in [0.5, 0.6) is 0 Å². The summed E-state index contributed by atoms with van der Waals surface area (Å²) in [6.07, 6.45) is 2.31. The van der Waals surface area contributed by atoms with E-state index in [0.717, 1.165) is 12.8 Å². The van der Waals surface area contributed by atoms with Crippen molar-refractivity contribution in [3.05, 3.63) is 35.4 Å². The van der Waals surface area contributed by atoms with Crippen molar-refractivity contribution in [2.45, 2.75) is 51.7 Å². The highest BCUT2D eigenvalue weighted by Gasteiger charge is 2.61. The lowest BCUT2D eigenvalue weighted by Gasteiger charge is -2.39. The lowest BCUT2D eigenvalue weighted by atomic mass is 9.66. The third-order valence-corrected chi connectivity index (χ3v) is 4.50. The predicted molar refractivity (Wildman–Crippen MR) is 65.2 cm³/mol. The molecule has 2 bridgehead atoms. The summed E-state index contributed by atoms with van der Waals surface area (Å²) in [6.45, 7) is 9.12. The Morgan fingerprint density at radius 2 is 1.69 bits per heavy atom. The Labute approximate surface area is 97.8 Å². The molecule has 1 fully saturated rings. The van der Waals surface area contributed by atoms with Gasteiger partial charge in [-0.1, -0.05) is 45.0 Å². The molecule has 2 atom stereocenters. The van der Waals surface area contributed by atoms with Gasteiger partial charge in [0.1, 0.15) is 0 Å². The van der Waals surface area contributed by atoms with Crippen LogP contribution in [-0.2, 0) is 15.9 Å². The molecular weight excluding hydrogens is 196 g/mol. The van der Waals surface area contributed by atoms with Crippen molar-refractivity contribution in [3.63, 3.8) is 0 Å². The monoisotopic (exact) mass is 216 g/mol. The quantitative estimate of drug-likeness (QED) is 0.637. The van der Waals surface area contributed by atoms with E-state index < -0.39 is 0 Å². The van der Waals surface area contributed by atoms with Gasteiger partial charge >= 0.3 is 0 Å². The maximum Gasteiger partial charge on any atom is 0.0996 e. The van der Waals surface area contributed by atoms with Gasteiger partial charge in [-0.15, -0.1) is 0 Å². The summed E-state index contributed by atoms with van der Waals surface area (Å²) < 4.78 is 6.48. The van der Waals surface area contributed by atoms with Crippen LogP contribution in [0.25, 0.3) is 0 Å². The van der Waals surface area contributed by atoms with E-state index in [4.69, 9.17) is 4.74 Å². The van der Waals surface area contributed by atoms with Crippen LogP contribution in [0.2, 0.25) is 0 Å². The molecule has 0 aliphatic carbocycles. The molecule has 1 nitrogen and oxygen atoms in total. The van der Waals surface area contributed by atoms with Crippen molar-refractivity contribution in [1.82, 2.24) is 0 Å². The molecule has 3 rings (SSSR count). The molecular formula is C15H20O. The van der Waals surface area contributed by atoms with Crippen LogP contribution < -0.4 is 0 Å². The van der Waals surface area contributed by atoms with E-state index in [1.807, 2.05) is 0 Å². The third-order valence-electron chi connectivity index (χ3n) is 4.50. The zero-order valence-corrected chi connectivity index (χ0v) is 10.6. The molecule has 0 radical (unpaired) electrons. The molecule has 0 N–H and O–H groups in total. The molecule has 2 aliphatic rings. The third kappa shape index (κ3) is 1.00. The Hall–Kier alpha value is -0.820. The number of rotatable bonds is 0. The van der Waals surface area contributed by atoms with Crippen molar-refractivity contribution in [3.8, 4) is 0 Å². The highest BCUT2D eigenvalue weighted by atomic mass is 16.5. The second-order valence-corrected chi connectivity index (χ2v) is 6.46. The van der Waals surface area contributed by atoms with E-state index in [9.17, 15) is 0 Å². The van der Waals surface area contributed by atoms with Crippen molar-refractivity contribution in [2.24, 2.45) is 5.41 Å². The summed E-state index contributed by atoms with van der Waals surface area (Å²) >= 11 is 0. The molecule has 0 amide bonds. The minimum absolute atomic E-state index is 0.0378. The van der Waals surface area contributed by atoms with Crippen molar-refractivity contribution in [1.29, 1.82) is 0 Å². The van der Waals surface area contributed by atoms with Gasteiger partial charge in [0, 0.05) is 0 Å². The van der Waals surface area contributed by atoms with E-state index in [2.05, 4.69) is 52.0 Å². The fourth-order valence-electron chi connectivity index (χ4n) is 3.51. The largest absolute Gasteiger partial charge is 0.359 e. The molecule has 1 heteroatoms. The van der Waals surface area contributed by atoms with Gasteiger partial charge in [0.15, 0.2) is 0 Å². The van der Waals surface area contributed by atoms with Gasteiger partial charge in [0.2, 0.25) is 0 Å². The van der Waals surface area contributed by atoms with Crippen molar-refractivity contribution < 1.29 is 4.74 Å². The first-order valence-corrected chi connectivity index (χ1v) is 6.19. The Morgan fingerprint density at radius 1 is 1.06 bits per heavy atom. The predicted octanol–water partition coefficient (Wildman–Crippen LogP) is 3.97. The molecule has 0 unspecified atom stereocenters. The van der Waals surface area contributed by atoms with Crippen LogP contribution in [0.15, 0.2) is 24.3 Å². The summed E-state index contributed by atoms with van der Waals surface area (Å²) in [6, 6.07) is 8.76.